The summed E-state index contributed by atoms with van der Waals surface area (Å²) in [5, 5.41) is 5.99. The highest BCUT2D eigenvalue weighted by Crippen LogP contribution is 2.38. The average Bonchev–Trinajstić information content (AvgIpc) is 3.00. The first-order valence-electron chi connectivity index (χ1n) is 9.35. The van der Waals surface area contributed by atoms with Crippen LogP contribution in [0.1, 0.15) is 53.1 Å². The number of ether oxygens (including phenoxy) is 1. The number of fused-ring (bicyclic) bond motifs is 1. The van der Waals surface area contributed by atoms with Gasteiger partial charge in [0.25, 0.3) is 5.91 Å². The van der Waals surface area contributed by atoms with Gasteiger partial charge in [0, 0.05) is 17.5 Å². The van der Waals surface area contributed by atoms with Crippen molar-refractivity contribution in [3.8, 4) is 0 Å². The molecule has 0 unspecified atom stereocenters. The molecule has 2 amide bonds. The number of anilines is 2. The SMILES string of the molecule is CC(=O)Nc1sc2c(c1C(=O)O[C@H](C)C(=O)Nc1ccc(C)cc1)CCCC2. The highest BCUT2D eigenvalue weighted by molar-refractivity contribution is 7.17. The van der Waals surface area contributed by atoms with Gasteiger partial charge >= 0.3 is 5.97 Å². The summed E-state index contributed by atoms with van der Waals surface area (Å²) in [6, 6.07) is 7.38. The Balaban J connectivity index is 1.74. The first-order chi connectivity index (χ1) is 13.3. The topological polar surface area (TPSA) is 84.5 Å². The fourth-order valence-corrected chi connectivity index (χ4v) is 4.51. The summed E-state index contributed by atoms with van der Waals surface area (Å²) in [6.07, 6.45) is 2.77. The van der Waals surface area contributed by atoms with Crippen molar-refractivity contribution in [2.45, 2.75) is 52.6 Å². The number of carbonyl (C=O) groups excluding carboxylic acids is 3. The maximum absolute atomic E-state index is 12.8. The van der Waals surface area contributed by atoms with Crippen LogP contribution in [0.15, 0.2) is 24.3 Å². The van der Waals surface area contributed by atoms with Gasteiger partial charge in [0.2, 0.25) is 5.91 Å². The molecule has 1 aliphatic rings. The molecule has 1 heterocycles. The lowest BCUT2D eigenvalue weighted by Crippen LogP contribution is -2.30. The first kappa shape index (κ1) is 20.1. The van der Waals surface area contributed by atoms with E-state index in [1.807, 2.05) is 19.1 Å². The van der Waals surface area contributed by atoms with Gasteiger partial charge in [-0.05, 0) is 57.2 Å². The van der Waals surface area contributed by atoms with Gasteiger partial charge in [0.05, 0.1) is 5.56 Å². The van der Waals surface area contributed by atoms with Crippen molar-refractivity contribution < 1.29 is 19.1 Å². The Hall–Kier alpha value is -2.67. The van der Waals surface area contributed by atoms with Crippen molar-refractivity contribution in [1.29, 1.82) is 0 Å². The van der Waals surface area contributed by atoms with Gasteiger partial charge in [-0.1, -0.05) is 17.7 Å². The number of benzene rings is 1. The molecule has 0 saturated heterocycles. The van der Waals surface area contributed by atoms with Crippen LogP contribution in [0.2, 0.25) is 0 Å². The maximum Gasteiger partial charge on any atom is 0.342 e. The van der Waals surface area contributed by atoms with Crippen LogP contribution in [0.4, 0.5) is 10.7 Å². The first-order valence-corrected chi connectivity index (χ1v) is 10.2. The molecule has 148 valence electrons. The second kappa shape index (κ2) is 8.56. The number of hydrogen-bond acceptors (Lipinski definition) is 5. The van der Waals surface area contributed by atoms with Gasteiger partial charge < -0.3 is 15.4 Å². The monoisotopic (exact) mass is 400 g/mol. The van der Waals surface area contributed by atoms with E-state index in [4.69, 9.17) is 4.74 Å². The standard InChI is InChI=1S/C21H24N2O4S/c1-12-8-10-15(11-9-12)23-19(25)13(2)27-21(26)18-16-6-4-5-7-17(16)28-20(18)22-14(3)24/h8-11,13H,4-7H2,1-3H3,(H,22,24)(H,23,25)/t13-/m1/s1. The van der Waals surface area contributed by atoms with Crippen LogP contribution in [-0.2, 0) is 27.2 Å². The second-order valence-corrected chi connectivity index (χ2v) is 8.10. The summed E-state index contributed by atoms with van der Waals surface area (Å²) in [7, 11) is 0. The highest BCUT2D eigenvalue weighted by Gasteiger charge is 2.29. The highest BCUT2D eigenvalue weighted by atomic mass is 32.1. The Morgan fingerprint density at radius 1 is 1.07 bits per heavy atom. The van der Waals surface area contributed by atoms with Gasteiger partial charge in [0.1, 0.15) is 5.00 Å². The smallest absolute Gasteiger partial charge is 0.342 e. The summed E-state index contributed by atoms with van der Waals surface area (Å²) in [4.78, 5) is 37.9. The Morgan fingerprint density at radius 2 is 1.75 bits per heavy atom. The minimum Gasteiger partial charge on any atom is -0.449 e. The van der Waals surface area contributed by atoms with Crippen LogP contribution < -0.4 is 10.6 Å². The number of aryl methyl sites for hydroxylation is 2. The lowest BCUT2D eigenvalue weighted by molar-refractivity contribution is -0.123. The molecule has 1 aromatic heterocycles. The van der Waals surface area contributed by atoms with Crippen LogP contribution in [0.5, 0.6) is 0 Å². The zero-order valence-corrected chi connectivity index (χ0v) is 17.1. The summed E-state index contributed by atoms with van der Waals surface area (Å²) in [5.74, 6) is -1.21. The molecule has 0 aliphatic heterocycles. The summed E-state index contributed by atoms with van der Waals surface area (Å²) < 4.78 is 5.45. The minimum absolute atomic E-state index is 0.238. The summed E-state index contributed by atoms with van der Waals surface area (Å²) in [5.41, 5.74) is 3.07. The second-order valence-electron chi connectivity index (χ2n) is 7.00. The molecule has 0 radical (unpaired) electrons. The summed E-state index contributed by atoms with van der Waals surface area (Å²) >= 11 is 1.42. The molecule has 1 aromatic carbocycles. The van der Waals surface area contributed by atoms with Crippen molar-refractivity contribution in [1.82, 2.24) is 0 Å². The molecular formula is C21H24N2O4S. The third-order valence-electron chi connectivity index (χ3n) is 4.64. The van der Waals surface area contributed by atoms with Gasteiger partial charge in [0.15, 0.2) is 6.10 Å². The van der Waals surface area contributed by atoms with Crippen LogP contribution in [0.3, 0.4) is 0 Å². The van der Waals surface area contributed by atoms with E-state index in [-0.39, 0.29) is 5.91 Å². The lowest BCUT2D eigenvalue weighted by atomic mass is 9.95. The van der Waals surface area contributed by atoms with Crippen LogP contribution in [0, 0.1) is 6.92 Å². The fraction of sp³-hybridized carbons (Fsp3) is 0.381. The molecule has 0 bridgehead atoms. The molecule has 1 aliphatic carbocycles. The largest absolute Gasteiger partial charge is 0.449 e. The zero-order chi connectivity index (χ0) is 20.3. The van der Waals surface area contributed by atoms with Crippen molar-refractivity contribution in [2.75, 3.05) is 10.6 Å². The van der Waals surface area contributed by atoms with Gasteiger partial charge in [-0.25, -0.2) is 4.79 Å². The van der Waals surface area contributed by atoms with Crippen LogP contribution in [-0.4, -0.2) is 23.9 Å². The molecule has 3 rings (SSSR count). The molecule has 2 aromatic rings. The third-order valence-corrected chi connectivity index (χ3v) is 5.84. The van der Waals surface area contributed by atoms with E-state index in [0.29, 0.717) is 16.3 Å². The van der Waals surface area contributed by atoms with Crippen molar-refractivity contribution in [2.24, 2.45) is 0 Å². The number of amides is 2. The summed E-state index contributed by atoms with van der Waals surface area (Å²) in [6.45, 7) is 4.91. The maximum atomic E-state index is 12.8. The fourth-order valence-electron chi connectivity index (χ4n) is 3.18. The van der Waals surface area contributed by atoms with E-state index >= 15 is 0 Å². The number of esters is 1. The van der Waals surface area contributed by atoms with E-state index in [1.165, 1.54) is 25.2 Å². The molecular weight excluding hydrogens is 376 g/mol. The number of thiophene rings is 1. The zero-order valence-electron chi connectivity index (χ0n) is 16.3. The Kier molecular flexibility index (Phi) is 6.14. The van der Waals surface area contributed by atoms with E-state index in [9.17, 15) is 14.4 Å². The van der Waals surface area contributed by atoms with Gasteiger partial charge in [-0.15, -0.1) is 11.3 Å². The normalized spacial score (nSPS) is 14.0. The number of nitrogens with one attached hydrogen (secondary N) is 2. The molecule has 28 heavy (non-hydrogen) atoms. The Labute approximate surface area is 168 Å². The molecule has 0 spiro atoms. The molecule has 0 fully saturated rings. The molecule has 2 N–H and O–H groups in total. The van der Waals surface area contributed by atoms with E-state index in [0.717, 1.165) is 41.7 Å². The van der Waals surface area contributed by atoms with Gasteiger partial charge in [-0.2, -0.15) is 0 Å². The Morgan fingerprint density at radius 3 is 2.43 bits per heavy atom. The van der Waals surface area contributed by atoms with E-state index < -0.39 is 18.0 Å². The Bertz CT molecular complexity index is 902. The molecule has 6 nitrogen and oxygen atoms in total. The van der Waals surface area contributed by atoms with Crippen molar-refractivity contribution in [3.05, 3.63) is 45.8 Å². The van der Waals surface area contributed by atoms with Crippen molar-refractivity contribution in [3.63, 3.8) is 0 Å². The number of carbonyl (C=O) groups is 3. The minimum atomic E-state index is -0.960. The van der Waals surface area contributed by atoms with Crippen LogP contribution >= 0.6 is 11.3 Å². The van der Waals surface area contributed by atoms with Crippen molar-refractivity contribution >= 4 is 39.8 Å². The van der Waals surface area contributed by atoms with Gasteiger partial charge in [-0.3, -0.25) is 9.59 Å². The van der Waals surface area contributed by atoms with E-state index in [2.05, 4.69) is 10.6 Å². The predicted molar refractivity (Wildman–Crippen MR) is 110 cm³/mol. The third kappa shape index (κ3) is 4.59. The average molecular weight is 401 g/mol. The quantitative estimate of drug-likeness (QED) is 0.741. The van der Waals surface area contributed by atoms with E-state index in [1.54, 1.807) is 12.1 Å². The number of rotatable bonds is 5. The predicted octanol–water partition coefficient (Wildman–Crippen LogP) is 4.08. The van der Waals surface area contributed by atoms with Crippen LogP contribution in [0.25, 0.3) is 0 Å². The number of hydrogen-bond donors (Lipinski definition) is 2. The molecule has 7 heteroatoms. The molecule has 0 saturated carbocycles. The lowest BCUT2D eigenvalue weighted by Gasteiger charge is -2.16. The molecule has 1 atom stereocenters.